The second kappa shape index (κ2) is 6.15. The molecule has 1 aliphatic heterocycles. The van der Waals surface area contributed by atoms with Gasteiger partial charge < -0.3 is 14.5 Å². The Bertz CT molecular complexity index is 443. The zero-order valence-corrected chi connectivity index (χ0v) is 12.1. The van der Waals surface area contributed by atoms with Gasteiger partial charge in [-0.25, -0.2) is 4.79 Å². The predicted molar refractivity (Wildman–Crippen MR) is 75.8 cm³/mol. The van der Waals surface area contributed by atoms with Gasteiger partial charge in [-0.05, 0) is 18.2 Å². The van der Waals surface area contributed by atoms with Crippen LogP contribution < -0.4 is 4.74 Å². The summed E-state index contributed by atoms with van der Waals surface area (Å²) in [7, 11) is 3.55. The van der Waals surface area contributed by atoms with Gasteiger partial charge in [-0.1, -0.05) is 17.7 Å². The van der Waals surface area contributed by atoms with Crippen molar-refractivity contribution in [2.75, 3.05) is 27.2 Å². The molecule has 0 spiro atoms. The third-order valence-corrected chi connectivity index (χ3v) is 3.43. The number of rotatable bonds is 2. The summed E-state index contributed by atoms with van der Waals surface area (Å²) in [5.41, 5.74) is 0. The van der Waals surface area contributed by atoms with Crippen molar-refractivity contribution in [3.63, 3.8) is 0 Å². The van der Waals surface area contributed by atoms with Crippen molar-refractivity contribution in [2.24, 2.45) is 0 Å². The molecule has 2 rings (SSSR count). The molecule has 2 amide bonds. The fourth-order valence-corrected chi connectivity index (χ4v) is 2.36. The molecular weight excluding hydrogens is 264 g/mol. The van der Waals surface area contributed by atoms with Gasteiger partial charge in [-0.15, -0.1) is 0 Å². The van der Waals surface area contributed by atoms with Crippen LogP contribution in [0.1, 0.15) is 12.8 Å². The maximum absolute atomic E-state index is 11.8. The Balaban J connectivity index is 1.85. The van der Waals surface area contributed by atoms with E-state index >= 15 is 0 Å². The van der Waals surface area contributed by atoms with Crippen molar-refractivity contribution >= 4 is 17.6 Å². The van der Waals surface area contributed by atoms with Gasteiger partial charge in [-0.2, -0.15) is 0 Å². The van der Waals surface area contributed by atoms with Crippen LogP contribution >= 0.6 is 11.6 Å². The lowest BCUT2D eigenvalue weighted by molar-refractivity contribution is 0.101. The molecule has 0 N–H and O–H groups in total. The van der Waals surface area contributed by atoms with Crippen molar-refractivity contribution in [1.29, 1.82) is 0 Å². The molecule has 19 heavy (non-hydrogen) atoms. The number of carbonyl (C=O) groups is 1. The van der Waals surface area contributed by atoms with Gasteiger partial charge in [0.05, 0.1) is 0 Å². The standard InChI is InChI=1S/C14H19ClN2O2/c1-16(2)14(18)17-8-6-12(7-9-17)19-13-5-3-4-11(15)10-13/h3-5,10,12H,6-9H2,1-2H3. The second-order valence-corrected chi connectivity index (χ2v) is 5.38. The van der Waals surface area contributed by atoms with Crippen LogP contribution in [-0.4, -0.2) is 49.1 Å². The number of carbonyl (C=O) groups excluding carboxylic acids is 1. The third-order valence-electron chi connectivity index (χ3n) is 3.19. The van der Waals surface area contributed by atoms with Crippen molar-refractivity contribution in [3.05, 3.63) is 29.3 Å². The molecule has 1 fully saturated rings. The summed E-state index contributed by atoms with van der Waals surface area (Å²) in [6.07, 6.45) is 1.86. The number of piperidine rings is 1. The van der Waals surface area contributed by atoms with Crippen LogP contribution in [-0.2, 0) is 0 Å². The lowest BCUT2D eigenvalue weighted by atomic mass is 10.1. The molecule has 0 radical (unpaired) electrons. The van der Waals surface area contributed by atoms with E-state index in [4.69, 9.17) is 16.3 Å². The largest absolute Gasteiger partial charge is 0.490 e. The highest BCUT2D eigenvalue weighted by atomic mass is 35.5. The molecule has 0 unspecified atom stereocenters. The van der Waals surface area contributed by atoms with Crippen LogP contribution in [0.25, 0.3) is 0 Å². The molecule has 1 aliphatic rings. The van der Waals surface area contributed by atoms with Gasteiger partial charge in [0, 0.05) is 45.0 Å². The first-order valence-corrected chi connectivity index (χ1v) is 6.82. The normalized spacial score (nSPS) is 16.3. The first-order chi connectivity index (χ1) is 9.06. The second-order valence-electron chi connectivity index (χ2n) is 4.94. The number of ether oxygens (including phenoxy) is 1. The fraction of sp³-hybridized carbons (Fsp3) is 0.500. The lowest BCUT2D eigenvalue weighted by Gasteiger charge is -2.33. The number of hydrogen-bond acceptors (Lipinski definition) is 2. The summed E-state index contributed by atoms with van der Waals surface area (Å²) < 4.78 is 5.89. The zero-order valence-electron chi connectivity index (χ0n) is 11.3. The Labute approximate surface area is 118 Å². The maximum Gasteiger partial charge on any atom is 0.319 e. The Morgan fingerprint density at radius 1 is 1.37 bits per heavy atom. The minimum atomic E-state index is 0.0706. The van der Waals surface area contributed by atoms with E-state index in [0.29, 0.717) is 5.02 Å². The molecule has 0 atom stereocenters. The Morgan fingerprint density at radius 2 is 2.05 bits per heavy atom. The Hall–Kier alpha value is -1.42. The van der Waals surface area contributed by atoms with Crippen molar-refractivity contribution in [2.45, 2.75) is 18.9 Å². The van der Waals surface area contributed by atoms with E-state index in [1.165, 1.54) is 0 Å². The summed E-state index contributed by atoms with van der Waals surface area (Å²) >= 11 is 5.92. The molecule has 104 valence electrons. The first-order valence-electron chi connectivity index (χ1n) is 6.44. The van der Waals surface area contributed by atoms with Crippen LogP contribution in [0.5, 0.6) is 5.75 Å². The van der Waals surface area contributed by atoms with Crippen LogP contribution in [0.3, 0.4) is 0 Å². The molecule has 1 aromatic rings. The number of urea groups is 1. The van der Waals surface area contributed by atoms with Crippen LogP contribution in [0, 0.1) is 0 Å². The van der Waals surface area contributed by atoms with Crippen molar-refractivity contribution in [3.8, 4) is 5.75 Å². The highest BCUT2D eigenvalue weighted by molar-refractivity contribution is 6.30. The van der Waals surface area contributed by atoms with Crippen molar-refractivity contribution in [1.82, 2.24) is 9.80 Å². The quantitative estimate of drug-likeness (QED) is 0.836. The van der Waals surface area contributed by atoms with Gasteiger partial charge >= 0.3 is 6.03 Å². The average Bonchev–Trinajstić information content (AvgIpc) is 2.39. The summed E-state index contributed by atoms with van der Waals surface area (Å²) in [5, 5.41) is 0.678. The van der Waals surface area contributed by atoms with E-state index in [1.807, 2.05) is 29.2 Å². The molecule has 4 nitrogen and oxygen atoms in total. The van der Waals surface area contributed by atoms with Crippen LogP contribution in [0.4, 0.5) is 4.79 Å². The number of amides is 2. The van der Waals surface area contributed by atoms with E-state index in [-0.39, 0.29) is 12.1 Å². The molecule has 0 aliphatic carbocycles. The number of hydrogen-bond donors (Lipinski definition) is 0. The molecule has 1 aromatic carbocycles. The summed E-state index contributed by atoms with van der Waals surface area (Å²) in [6, 6.07) is 7.50. The van der Waals surface area contributed by atoms with E-state index in [9.17, 15) is 4.79 Å². The van der Waals surface area contributed by atoms with Crippen LogP contribution in [0.15, 0.2) is 24.3 Å². The highest BCUT2D eigenvalue weighted by Gasteiger charge is 2.24. The van der Waals surface area contributed by atoms with Gasteiger partial charge in [0.15, 0.2) is 0 Å². The Morgan fingerprint density at radius 3 is 2.63 bits per heavy atom. The average molecular weight is 283 g/mol. The summed E-state index contributed by atoms with van der Waals surface area (Å²) in [5.74, 6) is 0.796. The molecule has 1 saturated heterocycles. The monoisotopic (exact) mass is 282 g/mol. The van der Waals surface area contributed by atoms with Gasteiger partial charge in [0.1, 0.15) is 11.9 Å². The third kappa shape index (κ3) is 3.77. The van der Waals surface area contributed by atoms with Crippen molar-refractivity contribution < 1.29 is 9.53 Å². The van der Waals surface area contributed by atoms with E-state index in [0.717, 1.165) is 31.7 Å². The molecule has 0 saturated carbocycles. The highest BCUT2D eigenvalue weighted by Crippen LogP contribution is 2.22. The van der Waals surface area contributed by atoms with E-state index < -0.39 is 0 Å². The van der Waals surface area contributed by atoms with E-state index in [1.54, 1.807) is 19.0 Å². The number of nitrogens with zero attached hydrogens (tertiary/aromatic N) is 2. The molecule has 1 heterocycles. The lowest BCUT2D eigenvalue weighted by Crippen LogP contribution is -2.46. The molecule has 0 aromatic heterocycles. The SMILES string of the molecule is CN(C)C(=O)N1CCC(Oc2cccc(Cl)c2)CC1. The summed E-state index contributed by atoms with van der Waals surface area (Å²) in [4.78, 5) is 15.3. The molecule has 5 heteroatoms. The first kappa shape index (κ1) is 14.0. The van der Waals surface area contributed by atoms with E-state index in [2.05, 4.69) is 0 Å². The number of likely N-dealkylation sites (tertiary alicyclic amines) is 1. The fourth-order valence-electron chi connectivity index (χ4n) is 2.18. The molecule has 0 bridgehead atoms. The van der Waals surface area contributed by atoms with Gasteiger partial charge in [-0.3, -0.25) is 0 Å². The number of halogens is 1. The van der Waals surface area contributed by atoms with Gasteiger partial charge in [0.2, 0.25) is 0 Å². The molecular formula is C14H19ClN2O2. The predicted octanol–water partition coefficient (Wildman–Crippen LogP) is 2.86. The zero-order chi connectivity index (χ0) is 13.8. The van der Waals surface area contributed by atoms with Gasteiger partial charge in [0.25, 0.3) is 0 Å². The minimum Gasteiger partial charge on any atom is -0.490 e. The van der Waals surface area contributed by atoms with Crippen LogP contribution in [0.2, 0.25) is 5.02 Å². The number of benzene rings is 1. The minimum absolute atomic E-state index is 0.0706. The summed E-state index contributed by atoms with van der Waals surface area (Å²) in [6.45, 7) is 1.48. The Kier molecular flexibility index (Phi) is 4.53. The topological polar surface area (TPSA) is 32.8 Å². The smallest absolute Gasteiger partial charge is 0.319 e. The maximum atomic E-state index is 11.8.